The van der Waals surface area contributed by atoms with Crippen LogP contribution in [0.25, 0.3) is 0 Å². The van der Waals surface area contributed by atoms with Crippen LogP contribution in [-0.4, -0.2) is 30.1 Å². The molecule has 1 aliphatic heterocycles. The number of ether oxygens (including phenoxy) is 1. The molecule has 1 atom stereocenters. The maximum atomic E-state index is 11.0. The first kappa shape index (κ1) is 12.0. The van der Waals surface area contributed by atoms with Crippen molar-refractivity contribution in [3.8, 4) is 23.7 Å². The molecule has 0 aromatic rings. The molecule has 2 N–H and O–H groups in total. The zero-order chi connectivity index (χ0) is 10.9. The molecule has 0 saturated heterocycles. The molecule has 0 aliphatic carbocycles. The molecule has 4 heteroatoms. The fourth-order valence-electron chi connectivity index (χ4n) is 1.02. The molecule has 0 radical (unpaired) electrons. The molecule has 1 unspecified atom stereocenters. The Morgan fingerprint density at radius 2 is 2.20 bits per heavy atom. The van der Waals surface area contributed by atoms with E-state index in [9.17, 15) is 4.79 Å². The van der Waals surface area contributed by atoms with E-state index in [1.165, 1.54) is 0 Å². The van der Waals surface area contributed by atoms with Crippen molar-refractivity contribution in [2.45, 2.75) is 18.9 Å². The molecular formula is C11H13NO2S. The van der Waals surface area contributed by atoms with E-state index < -0.39 is 5.97 Å². The lowest BCUT2D eigenvalue weighted by Crippen LogP contribution is -2.23. The lowest BCUT2D eigenvalue weighted by molar-refractivity contribution is -0.144. The highest BCUT2D eigenvalue weighted by atomic mass is 32.2. The van der Waals surface area contributed by atoms with Gasteiger partial charge in [0.25, 0.3) is 0 Å². The van der Waals surface area contributed by atoms with Gasteiger partial charge in [0.1, 0.15) is 0 Å². The minimum atomic E-state index is -0.410. The molecule has 0 saturated carbocycles. The fraction of sp³-hybridized carbons (Fsp3) is 0.545. The van der Waals surface area contributed by atoms with Crippen molar-refractivity contribution in [1.29, 1.82) is 0 Å². The number of carbonyl (C=O) groups excluding carboxylic acids is 1. The van der Waals surface area contributed by atoms with Gasteiger partial charge in [-0.25, -0.2) is 0 Å². The third-order valence-corrected chi connectivity index (χ3v) is 2.41. The molecule has 0 bridgehead atoms. The van der Waals surface area contributed by atoms with Crippen LogP contribution in [0.1, 0.15) is 12.8 Å². The predicted octanol–water partition coefficient (Wildman–Crippen LogP) is 0.391. The Hall–Kier alpha value is -1.10. The SMILES string of the molecule is NCC(=O)OC1C#CCSCC#CCC1. The lowest BCUT2D eigenvalue weighted by Gasteiger charge is -2.10. The van der Waals surface area contributed by atoms with Gasteiger partial charge in [0.15, 0.2) is 6.10 Å². The number of carbonyl (C=O) groups is 1. The summed E-state index contributed by atoms with van der Waals surface area (Å²) in [7, 11) is 0. The fourth-order valence-corrected chi connectivity index (χ4v) is 1.51. The summed E-state index contributed by atoms with van der Waals surface area (Å²) in [5.74, 6) is 13.1. The molecule has 1 aliphatic rings. The van der Waals surface area contributed by atoms with Gasteiger partial charge in [-0.05, 0) is 0 Å². The monoisotopic (exact) mass is 223 g/mol. The standard InChI is InChI=1S/C11H13NO2S/c12-9-11(13)14-10-5-2-1-3-7-15-8-4-6-10/h10H,2,5,7-9,12H2. The largest absolute Gasteiger partial charge is 0.448 e. The van der Waals surface area contributed by atoms with Gasteiger partial charge >= 0.3 is 5.97 Å². The van der Waals surface area contributed by atoms with Gasteiger partial charge < -0.3 is 10.5 Å². The average Bonchev–Trinajstić information content (AvgIpc) is 2.27. The van der Waals surface area contributed by atoms with Crippen molar-refractivity contribution in [1.82, 2.24) is 0 Å². The van der Waals surface area contributed by atoms with Gasteiger partial charge in [0, 0.05) is 12.8 Å². The number of rotatable bonds is 2. The Bertz CT molecular complexity index is 332. The van der Waals surface area contributed by atoms with Crippen LogP contribution in [0.4, 0.5) is 0 Å². The summed E-state index contributed by atoms with van der Waals surface area (Å²) in [6, 6.07) is 0. The predicted molar refractivity (Wildman–Crippen MR) is 61.0 cm³/mol. The molecule has 3 nitrogen and oxygen atoms in total. The molecule has 80 valence electrons. The third kappa shape index (κ3) is 5.37. The maximum absolute atomic E-state index is 11.0. The van der Waals surface area contributed by atoms with E-state index in [-0.39, 0.29) is 12.6 Å². The minimum absolute atomic E-state index is 0.0986. The van der Waals surface area contributed by atoms with Crippen molar-refractivity contribution in [2.75, 3.05) is 18.1 Å². The summed E-state index contributed by atoms with van der Waals surface area (Å²) in [6.45, 7) is -0.0986. The molecule has 0 aromatic carbocycles. The molecular weight excluding hydrogens is 210 g/mol. The summed E-state index contributed by atoms with van der Waals surface area (Å²) in [6.07, 6.45) is 1.02. The first-order chi connectivity index (χ1) is 7.33. The number of hydrogen-bond donors (Lipinski definition) is 1. The highest BCUT2D eigenvalue weighted by Crippen LogP contribution is 2.04. The topological polar surface area (TPSA) is 52.3 Å². The van der Waals surface area contributed by atoms with Gasteiger partial charge in [-0.3, -0.25) is 4.79 Å². The van der Waals surface area contributed by atoms with Crippen LogP contribution >= 0.6 is 11.8 Å². The summed E-state index contributed by atoms with van der Waals surface area (Å²) in [4.78, 5) is 11.0. The van der Waals surface area contributed by atoms with E-state index in [1.54, 1.807) is 11.8 Å². The van der Waals surface area contributed by atoms with Gasteiger partial charge in [-0.2, -0.15) is 0 Å². The first-order valence-electron chi connectivity index (χ1n) is 4.74. The van der Waals surface area contributed by atoms with Crippen molar-refractivity contribution < 1.29 is 9.53 Å². The zero-order valence-corrected chi connectivity index (χ0v) is 9.23. The molecule has 0 aromatic heterocycles. The van der Waals surface area contributed by atoms with E-state index >= 15 is 0 Å². The van der Waals surface area contributed by atoms with Crippen LogP contribution < -0.4 is 5.73 Å². The quantitative estimate of drug-likeness (QED) is 0.543. The number of nitrogens with two attached hydrogens (primary N) is 1. The van der Waals surface area contributed by atoms with Gasteiger partial charge in [0.2, 0.25) is 0 Å². The van der Waals surface area contributed by atoms with Gasteiger partial charge in [-0.1, -0.05) is 17.8 Å². The Morgan fingerprint density at radius 1 is 1.40 bits per heavy atom. The maximum Gasteiger partial charge on any atom is 0.320 e. The van der Waals surface area contributed by atoms with Crippen LogP contribution in [0.5, 0.6) is 0 Å². The zero-order valence-electron chi connectivity index (χ0n) is 8.41. The van der Waals surface area contributed by atoms with Crippen LogP contribution in [0.2, 0.25) is 0 Å². The Morgan fingerprint density at radius 3 is 3.00 bits per heavy atom. The smallest absolute Gasteiger partial charge is 0.320 e. The Labute approximate surface area is 94.1 Å². The summed E-state index contributed by atoms with van der Waals surface area (Å²) in [5, 5.41) is 0. The highest BCUT2D eigenvalue weighted by molar-refractivity contribution is 7.99. The molecule has 15 heavy (non-hydrogen) atoms. The minimum Gasteiger partial charge on any atom is -0.448 e. The van der Waals surface area contributed by atoms with Crippen molar-refractivity contribution in [2.24, 2.45) is 5.73 Å². The van der Waals surface area contributed by atoms with Crippen LogP contribution in [0.15, 0.2) is 0 Å². The molecule has 1 heterocycles. The summed E-state index contributed by atoms with van der Waals surface area (Å²) >= 11 is 1.67. The molecule has 0 spiro atoms. The molecule has 0 fully saturated rings. The molecule has 0 amide bonds. The van der Waals surface area contributed by atoms with Crippen LogP contribution in [-0.2, 0) is 9.53 Å². The number of esters is 1. The van der Waals surface area contributed by atoms with Gasteiger partial charge in [-0.15, -0.1) is 17.7 Å². The summed E-state index contributed by atoms with van der Waals surface area (Å²) in [5.41, 5.74) is 5.16. The Balaban J connectivity index is 2.50. The van der Waals surface area contributed by atoms with E-state index in [0.29, 0.717) is 12.8 Å². The van der Waals surface area contributed by atoms with Crippen molar-refractivity contribution in [3.05, 3.63) is 0 Å². The summed E-state index contributed by atoms with van der Waals surface area (Å²) < 4.78 is 5.06. The van der Waals surface area contributed by atoms with Gasteiger partial charge in [0.05, 0.1) is 18.1 Å². The van der Waals surface area contributed by atoms with E-state index in [2.05, 4.69) is 23.7 Å². The second kappa shape index (κ2) is 7.23. The molecule has 1 rings (SSSR count). The second-order valence-corrected chi connectivity index (χ2v) is 3.87. The van der Waals surface area contributed by atoms with E-state index in [0.717, 1.165) is 11.5 Å². The van der Waals surface area contributed by atoms with Crippen LogP contribution in [0.3, 0.4) is 0 Å². The second-order valence-electron chi connectivity index (χ2n) is 2.89. The van der Waals surface area contributed by atoms with E-state index in [1.807, 2.05) is 0 Å². The van der Waals surface area contributed by atoms with E-state index in [4.69, 9.17) is 10.5 Å². The first-order valence-corrected chi connectivity index (χ1v) is 5.90. The number of thioether (sulfide) groups is 1. The highest BCUT2D eigenvalue weighted by Gasteiger charge is 2.09. The number of hydrogen-bond acceptors (Lipinski definition) is 4. The Kier molecular flexibility index (Phi) is 5.77. The van der Waals surface area contributed by atoms with Crippen molar-refractivity contribution in [3.63, 3.8) is 0 Å². The third-order valence-electron chi connectivity index (χ3n) is 1.71. The van der Waals surface area contributed by atoms with Crippen molar-refractivity contribution >= 4 is 17.7 Å². The normalized spacial score (nSPS) is 20.2. The lowest BCUT2D eigenvalue weighted by atomic mass is 10.2. The average molecular weight is 223 g/mol. The van der Waals surface area contributed by atoms with Crippen LogP contribution in [0, 0.1) is 23.7 Å².